The van der Waals surface area contributed by atoms with Crippen molar-refractivity contribution in [1.29, 1.82) is 0 Å². The minimum atomic E-state index is -3.73. The molecule has 0 bridgehead atoms. The molecule has 0 atom stereocenters. The summed E-state index contributed by atoms with van der Waals surface area (Å²) in [6.45, 7) is 6.90. The molecule has 328 valence electrons. The molecule has 0 unspecified atom stereocenters. The molecule has 7 aromatic rings. The topological polar surface area (TPSA) is 117 Å². The lowest BCUT2D eigenvalue weighted by Gasteiger charge is -2.33. The molecule has 2 aliphatic rings. The second-order valence-corrected chi connectivity index (χ2v) is 18.4. The smallest absolute Gasteiger partial charge is 0.296 e. The standard InChI is InChI=1S/C27H27N3O3S.C22H26N4.C2H7N/c1-20-6-10-25(11-7-20)34(31,32)33-19-21-13-16-30(17-14-21)27-28-15-12-26(29-27)24-9-8-22-4-2-3-5-23(22)18-24;1-25(2)16-17-10-13-26(14-11-17)22-23-12-9-21(24-22)20-8-7-18-5-3-4-6-19(18)15-20;1-3-2/h2-12,15,18,21H,13-14,16-17,19H2,1H3;3-9,12,15,17H,10-11,13-14,16H2,1-2H3;3H,1-2H3. The fraction of sp³-hybridized carbons (Fsp3) is 0.333. The van der Waals surface area contributed by atoms with E-state index in [0.717, 1.165) is 79.0 Å². The molecule has 2 fully saturated rings. The molecule has 4 heterocycles. The first-order valence-corrected chi connectivity index (χ1v) is 23.3. The van der Waals surface area contributed by atoms with E-state index >= 15 is 0 Å². The average Bonchev–Trinajstić information content (AvgIpc) is 3.31. The van der Waals surface area contributed by atoms with Crippen LogP contribution in [0, 0.1) is 18.8 Å². The summed E-state index contributed by atoms with van der Waals surface area (Å²) < 4.78 is 30.3. The fourth-order valence-electron chi connectivity index (χ4n) is 8.11. The maximum absolute atomic E-state index is 12.5. The molecular formula is C51H60N8O3S. The van der Waals surface area contributed by atoms with E-state index in [-0.39, 0.29) is 17.4 Å². The van der Waals surface area contributed by atoms with Gasteiger partial charge in [-0.05, 0) is 131 Å². The van der Waals surface area contributed by atoms with E-state index in [4.69, 9.17) is 14.2 Å². The van der Waals surface area contributed by atoms with Crippen molar-refractivity contribution in [3.8, 4) is 22.5 Å². The zero-order chi connectivity index (χ0) is 44.2. The number of fused-ring (bicyclic) bond motifs is 2. The van der Waals surface area contributed by atoms with E-state index in [9.17, 15) is 8.42 Å². The SMILES string of the molecule is CN(C)CC1CCN(c2nccc(-c3ccc4ccccc4c3)n2)CC1.CNC.Cc1ccc(S(=O)(=O)OCC2CCN(c3nccc(-c4ccc5ccccc5c4)n3)CC2)cc1. The lowest BCUT2D eigenvalue weighted by molar-refractivity contribution is 0.227. The fourth-order valence-corrected chi connectivity index (χ4v) is 9.09. The van der Waals surface area contributed by atoms with Gasteiger partial charge in [-0.15, -0.1) is 0 Å². The molecule has 2 saturated heterocycles. The Kier molecular flexibility index (Phi) is 15.5. The number of hydrogen-bond donors (Lipinski definition) is 1. The largest absolute Gasteiger partial charge is 0.341 e. The lowest BCUT2D eigenvalue weighted by Crippen LogP contribution is -2.38. The Balaban J connectivity index is 0.000000183. The van der Waals surface area contributed by atoms with Crippen molar-refractivity contribution in [2.24, 2.45) is 11.8 Å². The Hall–Kier alpha value is -5.79. The van der Waals surface area contributed by atoms with Crippen LogP contribution in [-0.4, -0.2) is 101 Å². The summed E-state index contributed by atoms with van der Waals surface area (Å²) in [5.74, 6) is 2.53. The third-order valence-corrected chi connectivity index (χ3v) is 12.9. The van der Waals surface area contributed by atoms with Crippen molar-refractivity contribution in [2.75, 3.05) is 77.3 Å². The number of nitrogens with zero attached hydrogens (tertiary/aromatic N) is 7. The highest BCUT2D eigenvalue weighted by Crippen LogP contribution is 2.28. The molecular weight excluding hydrogens is 805 g/mol. The molecule has 12 heteroatoms. The predicted molar refractivity (Wildman–Crippen MR) is 258 cm³/mol. The molecule has 0 radical (unpaired) electrons. The second-order valence-electron chi connectivity index (χ2n) is 16.8. The van der Waals surface area contributed by atoms with Gasteiger partial charge in [0.15, 0.2) is 0 Å². The van der Waals surface area contributed by atoms with Gasteiger partial charge in [0.25, 0.3) is 10.1 Å². The van der Waals surface area contributed by atoms with Crippen LogP contribution in [0.25, 0.3) is 44.1 Å². The number of aromatic nitrogens is 4. The number of anilines is 2. The van der Waals surface area contributed by atoms with Crippen LogP contribution in [0.3, 0.4) is 0 Å². The van der Waals surface area contributed by atoms with Crippen LogP contribution in [0.5, 0.6) is 0 Å². The van der Waals surface area contributed by atoms with Gasteiger partial charge in [-0.3, -0.25) is 4.18 Å². The van der Waals surface area contributed by atoms with Gasteiger partial charge in [0.1, 0.15) is 0 Å². The quantitative estimate of drug-likeness (QED) is 0.133. The van der Waals surface area contributed by atoms with E-state index in [1.54, 1.807) is 30.5 Å². The van der Waals surface area contributed by atoms with Crippen LogP contribution < -0.4 is 15.1 Å². The van der Waals surface area contributed by atoms with E-state index < -0.39 is 10.1 Å². The van der Waals surface area contributed by atoms with Gasteiger partial charge in [0, 0.05) is 56.2 Å². The molecule has 0 spiro atoms. The minimum absolute atomic E-state index is 0.181. The third kappa shape index (κ3) is 12.2. The van der Waals surface area contributed by atoms with Crippen LogP contribution >= 0.6 is 0 Å². The van der Waals surface area contributed by atoms with Crippen molar-refractivity contribution in [3.05, 3.63) is 139 Å². The number of nitrogens with one attached hydrogen (secondary N) is 1. The van der Waals surface area contributed by atoms with Crippen molar-refractivity contribution in [2.45, 2.75) is 37.5 Å². The monoisotopic (exact) mass is 864 g/mol. The summed E-state index contributed by atoms with van der Waals surface area (Å²) in [7, 11) is 4.33. The van der Waals surface area contributed by atoms with Crippen molar-refractivity contribution in [1.82, 2.24) is 30.2 Å². The highest BCUT2D eigenvalue weighted by Gasteiger charge is 2.25. The van der Waals surface area contributed by atoms with Crippen LogP contribution in [-0.2, 0) is 14.3 Å². The van der Waals surface area contributed by atoms with Crippen LogP contribution in [0.4, 0.5) is 11.9 Å². The number of piperidine rings is 2. The van der Waals surface area contributed by atoms with E-state index in [0.29, 0.717) is 5.95 Å². The van der Waals surface area contributed by atoms with E-state index in [2.05, 4.69) is 117 Å². The summed E-state index contributed by atoms with van der Waals surface area (Å²) >= 11 is 0. The summed E-state index contributed by atoms with van der Waals surface area (Å²) in [6.07, 6.45) is 7.76. The van der Waals surface area contributed by atoms with Gasteiger partial charge in [-0.1, -0.05) is 90.5 Å². The number of hydrogen-bond acceptors (Lipinski definition) is 11. The summed E-state index contributed by atoms with van der Waals surface area (Å²) in [4.78, 5) is 25.7. The Bertz CT molecular complexity index is 2660. The van der Waals surface area contributed by atoms with Gasteiger partial charge in [0.05, 0.1) is 22.9 Å². The molecule has 63 heavy (non-hydrogen) atoms. The molecule has 2 aliphatic heterocycles. The molecule has 11 nitrogen and oxygen atoms in total. The molecule has 1 N–H and O–H groups in total. The zero-order valence-corrected chi connectivity index (χ0v) is 38.0. The van der Waals surface area contributed by atoms with Crippen LogP contribution in [0.2, 0.25) is 0 Å². The van der Waals surface area contributed by atoms with Gasteiger partial charge in [-0.2, -0.15) is 8.42 Å². The summed E-state index contributed by atoms with van der Waals surface area (Å²) in [5, 5.41) is 7.64. The van der Waals surface area contributed by atoms with Crippen LogP contribution in [0.15, 0.2) is 139 Å². The first-order valence-electron chi connectivity index (χ1n) is 21.9. The number of rotatable bonds is 10. The number of aryl methyl sites for hydroxylation is 1. The number of benzene rings is 5. The van der Waals surface area contributed by atoms with Crippen molar-refractivity contribution < 1.29 is 12.6 Å². The molecule has 9 rings (SSSR count). The third-order valence-electron chi connectivity index (χ3n) is 11.6. The van der Waals surface area contributed by atoms with Gasteiger partial charge < -0.3 is 20.0 Å². The highest BCUT2D eigenvalue weighted by atomic mass is 32.2. The Morgan fingerprint density at radius 3 is 1.52 bits per heavy atom. The van der Waals surface area contributed by atoms with Gasteiger partial charge >= 0.3 is 0 Å². The first kappa shape index (κ1) is 45.2. The average molecular weight is 865 g/mol. The second kappa shape index (κ2) is 21.5. The van der Waals surface area contributed by atoms with Gasteiger partial charge in [0.2, 0.25) is 11.9 Å². The Morgan fingerprint density at radius 2 is 1.06 bits per heavy atom. The molecule has 0 amide bonds. The molecule has 2 aromatic heterocycles. The molecule has 0 saturated carbocycles. The minimum Gasteiger partial charge on any atom is -0.341 e. The summed E-state index contributed by atoms with van der Waals surface area (Å²) in [5.41, 5.74) is 5.11. The zero-order valence-electron chi connectivity index (χ0n) is 37.2. The molecule has 0 aliphatic carbocycles. The van der Waals surface area contributed by atoms with Crippen molar-refractivity contribution in [3.63, 3.8) is 0 Å². The highest BCUT2D eigenvalue weighted by molar-refractivity contribution is 7.86. The van der Waals surface area contributed by atoms with E-state index in [1.165, 1.54) is 40.9 Å². The first-order chi connectivity index (χ1) is 30.6. The maximum Gasteiger partial charge on any atom is 0.296 e. The molecule has 5 aromatic carbocycles. The van der Waals surface area contributed by atoms with Crippen LogP contribution in [0.1, 0.15) is 31.2 Å². The maximum atomic E-state index is 12.5. The Morgan fingerprint density at radius 1 is 0.619 bits per heavy atom. The Labute approximate surface area is 373 Å². The van der Waals surface area contributed by atoms with Gasteiger partial charge in [-0.25, -0.2) is 19.9 Å². The normalized spacial score (nSPS) is 14.9. The predicted octanol–water partition coefficient (Wildman–Crippen LogP) is 9.14. The van der Waals surface area contributed by atoms with E-state index in [1.807, 2.05) is 51.5 Å². The summed E-state index contributed by atoms with van der Waals surface area (Å²) in [6, 6.07) is 40.3. The lowest BCUT2D eigenvalue weighted by atomic mass is 9.96. The van der Waals surface area contributed by atoms with Crippen molar-refractivity contribution >= 4 is 43.6 Å².